The van der Waals surface area contributed by atoms with E-state index in [2.05, 4.69) is 44.2 Å². The second-order valence-electron chi connectivity index (χ2n) is 6.12. The first-order valence-electron chi connectivity index (χ1n) is 8.39. The van der Waals surface area contributed by atoms with E-state index in [4.69, 9.17) is 16.1 Å². The minimum absolute atomic E-state index is 0.584. The molecule has 128 valence electrons. The summed E-state index contributed by atoms with van der Waals surface area (Å²) in [5, 5.41) is 4.74. The van der Waals surface area contributed by atoms with Gasteiger partial charge in [-0.15, -0.1) is 0 Å². The number of hydrogen-bond acceptors (Lipinski definition) is 5. The minimum atomic E-state index is 0.584. The Hall–Kier alpha value is -2.37. The van der Waals surface area contributed by atoms with E-state index < -0.39 is 0 Å². The molecule has 2 aromatic carbocycles. The maximum atomic E-state index is 6.02. The van der Waals surface area contributed by atoms with Crippen LogP contribution in [0.5, 0.6) is 0 Å². The molecule has 1 saturated heterocycles. The summed E-state index contributed by atoms with van der Waals surface area (Å²) in [4.78, 5) is 9.25. The molecule has 1 aliphatic rings. The van der Waals surface area contributed by atoms with Crippen LogP contribution >= 0.6 is 11.6 Å². The Morgan fingerprint density at radius 2 is 1.76 bits per heavy atom. The Morgan fingerprint density at radius 1 is 0.960 bits per heavy atom. The summed E-state index contributed by atoms with van der Waals surface area (Å²) in [6.07, 6.45) is 0. The molecule has 0 saturated carbocycles. The van der Waals surface area contributed by atoms with E-state index in [-0.39, 0.29) is 0 Å². The number of nitrogens with zero attached hydrogens (tertiary/aromatic N) is 4. The molecule has 0 unspecified atom stereocenters. The van der Waals surface area contributed by atoms with Crippen LogP contribution in [-0.2, 0) is 6.54 Å². The van der Waals surface area contributed by atoms with Crippen LogP contribution < -0.4 is 4.90 Å². The van der Waals surface area contributed by atoms with Crippen LogP contribution in [0.25, 0.3) is 11.4 Å². The molecule has 0 radical (unpaired) electrons. The van der Waals surface area contributed by atoms with Gasteiger partial charge >= 0.3 is 0 Å². The molecule has 5 nitrogen and oxygen atoms in total. The summed E-state index contributed by atoms with van der Waals surface area (Å²) >= 11 is 6.02. The summed E-state index contributed by atoms with van der Waals surface area (Å²) in [5.41, 5.74) is 2.15. The number of hydrogen-bond donors (Lipinski definition) is 0. The molecular formula is C19H19ClN4O. The average Bonchev–Trinajstić information content (AvgIpc) is 3.12. The third-order valence-electron chi connectivity index (χ3n) is 4.40. The quantitative estimate of drug-likeness (QED) is 0.714. The topological polar surface area (TPSA) is 45.4 Å². The molecule has 1 fully saturated rings. The number of anilines is 1. The fourth-order valence-electron chi connectivity index (χ4n) is 3.06. The van der Waals surface area contributed by atoms with E-state index in [0.29, 0.717) is 23.3 Å². The van der Waals surface area contributed by atoms with Gasteiger partial charge in [-0.3, -0.25) is 4.90 Å². The molecule has 0 spiro atoms. The standard InChI is InChI=1S/C19H19ClN4O/c20-16-6-4-5-15(13-16)19-21-18(25-22-19)14-23-9-11-24(12-10-23)17-7-2-1-3-8-17/h1-8,13H,9-12,14H2. The van der Waals surface area contributed by atoms with Gasteiger partial charge < -0.3 is 9.42 Å². The lowest BCUT2D eigenvalue weighted by molar-refractivity contribution is 0.215. The molecule has 0 amide bonds. The number of rotatable bonds is 4. The zero-order valence-electron chi connectivity index (χ0n) is 13.8. The van der Waals surface area contributed by atoms with Crippen molar-refractivity contribution in [2.75, 3.05) is 31.1 Å². The number of halogens is 1. The van der Waals surface area contributed by atoms with E-state index in [1.54, 1.807) is 0 Å². The van der Waals surface area contributed by atoms with E-state index in [9.17, 15) is 0 Å². The highest BCUT2D eigenvalue weighted by molar-refractivity contribution is 6.30. The van der Waals surface area contributed by atoms with Gasteiger partial charge in [0.05, 0.1) is 6.54 Å². The Bertz CT molecular complexity index is 828. The van der Waals surface area contributed by atoms with E-state index in [1.165, 1.54) is 5.69 Å². The van der Waals surface area contributed by atoms with Crippen molar-refractivity contribution < 1.29 is 4.52 Å². The maximum Gasteiger partial charge on any atom is 0.241 e. The third kappa shape index (κ3) is 3.83. The van der Waals surface area contributed by atoms with Gasteiger partial charge in [0, 0.05) is 42.5 Å². The molecule has 4 rings (SSSR count). The van der Waals surface area contributed by atoms with Crippen LogP contribution in [0.1, 0.15) is 5.89 Å². The summed E-state index contributed by atoms with van der Waals surface area (Å²) in [5.74, 6) is 1.23. The van der Waals surface area contributed by atoms with E-state index in [1.807, 2.05) is 30.3 Å². The summed E-state index contributed by atoms with van der Waals surface area (Å²) in [6.45, 7) is 4.63. The zero-order valence-corrected chi connectivity index (χ0v) is 14.6. The first kappa shape index (κ1) is 16.1. The predicted molar refractivity (Wildman–Crippen MR) is 98.7 cm³/mol. The molecule has 1 aromatic heterocycles. The highest BCUT2D eigenvalue weighted by Crippen LogP contribution is 2.21. The molecule has 0 N–H and O–H groups in total. The van der Waals surface area contributed by atoms with Crippen LogP contribution in [0.3, 0.4) is 0 Å². The SMILES string of the molecule is Clc1cccc(-c2noc(CN3CCN(c4ccccc4)CC3)n2)c1. The lowest BCUT2D eigenvalue weighted by Crippen LogP contribution is -2.46. The van der Waals surface area contributed by atoms with E-state index in [0.717, 1.165) is 31.7 Å². The van der Waals surface area contributed by atoms with Crippen molar-refractivity contribution in [3.8, 4) is 11.4 Å². The predicted octanol–water partition coefficient (Wildman–Crippen LogP) is 3.71. The van der Waals surface area contributed by atoms with Gasteiger partial charge in [-0.05, 0) is 24.3 Å². The lowest BCUT2D eigenvalue weighted by atomic mass is 10.2. The van der Waals surface area contributed by atoms with Gasteiger partial charge in [0.25, 0.3) is 0 Å². The molecule has 2 heterocycles. The van der Waals surface area contributed by atoms with Gasteiger partial charge in [-0.1, -0.05) is 47.1 Å². The highest BCUT2D eigenvalue weighted by atomic mass is 35.5. The Labute approximate surface area is 151 Å². The number of piperazine rings is 1. The van der Waals surface area contributed by atoms with Crippen molar-refractivity contribution in [3.05, 3.63) is 65.5 Å². The van der Waals surface area contributed by atoms with Gasteiger partial charge in [-0.2, -0.15) is 4.98 Å². The zero-order chi connectivity index (χ0) is 17.1. The Kier molecular flexibility index (Phi) is 4.68. The van der Waals surface area contributed by atoms with Crippen molar-refractivity contribution in [2.45, 2.75) is 6.54 Å². The molecule has 0 bridgehead atoms. The largest absolute Gasteiger partial charge is 0.369 e. The first-order chi connectivity index (χ1) is 12.3. The smallest absolute Gasteiger partial charge is 0.241 e. The Balaban J connectivity index is 1.36. The second-order valence-corrected chi connectivity index (χ2v) is 6.56. The van der Waals surface area contributed by atoms with Crippen molar-refractivity contribution in [2.24, 2.45) is 0 Å². The number of benzene rings is 2. The Morgan fingerprint density at radius 3 is 2.52 bits per heavy atom. The summed E-state index contributed by atoms with van der Waals surface area (Å²) in [6, 6.07) is 18.0. The first-order valence-corrected chi connectivity index (χ1v) is 8.76. The van der Waals surface area contributed by atoms with Gasteiger partial charge in [-0.25, -0.2) is 0 Å². The highest BCUT2D eigenvalue weighted by Gasteiger charge is 2.19. The molecule has 3 aromatic rings. The van der Waals surface area contributed by atoms with Gasteiger partial charge in [0.1, 0.15) is 0 Å². The number of aromatic nitrogens is 2. The monoisotopic (exact) mass is 354 g/mol. The second kappa shape index (κ2) is 7.25. The molecule has 25 heavy (non-hydrogen) atoms. The van der Waals surface area contributed by atoms with Gasteiger partial charge in [0.15, 0.2) is 0 Å². The van der Waals surface area contributed by atoms with Crippen LogP contribution in [0.15, 0.2) is 59.1 Å². The fourth-order valence-corrected chi connectivity index (χ4v) is 3.25. The van der Waals surface area contributed by atoms with Gasteiger partial charge in [0.2, 0.25) is 11.7 Å². The minimum Gasteiger partial charge on any atom is -0.369 e. The van der Waals surface area contributed by atoms with Crippen molar-refractivity contribution in [3.63, 3.8) is 0 Å². The van der Waals surface area contributed by atoms with Crippen LogP contribution in [0.2, 0.25) is 5.02 Å². The van der Waals surface area contributed by atoms with Crippen LogP contribution in [0, 0.1) is 0 Å². The molecule has 1 aliphatic heterocycles. The number of para-hydroxylation sites is 1. The third-order valence-corrected chi connectivity index (χ3v) is 4.64. The summed E-state index contributed by atoms with van der Waals surface area (Å²) in [7, 11) is 0. The fraction of sp³-hybridized carbons (Fsp3) is 0.263. The molecular weight excluding hydrogens is 336 g/mol. The average molecular weight is 355 g/mol. The normalized spacial score (nSPS) is 15.5. The maximum absolute atomic E-state index is 6.02. The lowest BCUT2D eigenvalue weighted by Gasteiger charge is -2.35. The van der Waals surface area contributed by atoms with E-state index >= 15 is 0 Å². The molecule has 0 atom stereocenters. The molecule has 6 heteroatoms. The van der Waals surface area contributed by atoms with Crippen molar-refractivity contribution in [1.82, 2.24) is 15.0 Å². The summed E-state index contributed by atoms with van der Waals surface area (Å²) < 4.78 is 5.41. The van der Waals surface area contributed by atoms with Crippen molar-refractivity contribution >= 4 is 17.3 Å². The van der Waals surface area contributed by atoms with Crippen LogP contribution in [0.4, 0.5) is 5.69 Å². The molecule has 0 aliphatic carbocycles. The van der Waals surface area contributed by atoms with Crippen LogP contribution in [-0.4, -0.2) is 41.2 Å². The van der Waals surface area contributed by atoms with Crippen molar-refractivity contribution in [1.29, 1.82) is 0 Å².